The molecule has 2 aromatic heterocycles. The number of hydrogen-bond donors (Lipinski definition) is 4. The van der Waals surface area contributed by atoms with Crippen LogP contribution in [0.15, 0.2) is 58.4 Å². The minimum Gasteiger partial charge on any atom is -0.388 e. The Hall–Kier alpha value is -3.53. The third-order valence-corrected chi connectivity index (χ3v) is 7.57. The average molecular weight is 594 g/mol. The second-order valence-electron chi connectivity index (χ2n) is 11.0. The van der Waals surface area contributed by atoms with E-state index in [9.17, 15) is 4.79 Å². The number of benzene rings is 2. The molecule has 2 unspecified atom stereocenters. The predicted octanol–water partition coefficient (Wildman–Crippen LogP) is 5.87. The van der Waals surface area contributed by atoms with Crippen LogP contribution in [0.3, 0.4) is 0 Å². The van der Waals surface area contributed by atoms with Crippen molar-refractivity contribution in [2.24, 2.45) is 16.5 Å². The molecule has 2 aromatic carbocycles. The van der Waals surface area contributed by atoms with E-state index in [1.165, 1.54) is 4.57 Å². The Labute approximate surface area is 251 Å². The molecule has 0 fully saturated rings. The molecule has 0 amide bonds. The van der Waals surface area contributed by atoms with Gasteiger partial charge < -0.3 is 21.8 Å². The van der Waals surface area contributed by atoms with Crippen LogP contribution in [-0.2, 0) is 13.0 Å². The first-order chi connectivity index (χ1) is 20.1. The van der Waals surface area contributed by atoms with Gasteiger partial charge in [0.1, 0.15) is 5.65 Å². The summed E-state index contributed by atoms with van der Waals surface area (Å²) < 4.78 is 16.6. The summed E-state index contributed by atoms with van der Waals surface area (Å²) in [5, 5.41) is 4.36. The number of aliphatic imine (C=N–C) groups is 1. The molecule has 10 heteroatoms. The second-order valence-corrected chi connectivity index (χ2v) is 11.4. The van der Waals surface area contributed by atoms with Gasteiger partial charge in [-0.3, -0.25) is 9.56 Å². The first-order valence-electron chi connectivity index (χ1n) is 14.6. The van der Waals surface area contributed by atoms with Crippen molar-refractivity contribution in [2.75, 3.05) is 6.54 Å². The van der Waals surface area contributed by atoms with Crippen LogP contribution < -0.4 is 22.5 Å². The summed E-state index contributed by atoms with van der Waals surface area (Å²) in [6.07, 6.45) is 7.28. The zero-order chi connectivity index (χ0) is 30.2. The molecule has 0 aliphatic carbocycles. The van der Waals surface area contributed by atoms with Crippen molar-refractivity contribution in [3.05, 3.63) is 81.1 Å². The summed E-state index contributed by atoms with van der Waals surface area (Å²) in [5.41, 5.74) is 15.1. The first kappa shape index (κ1) is 31.4. The van der Waals surface area contributed by atoms with Crippen molar-refractivity contribution in [3.8, 4) is 16.9 Å². The fraction of sp³-hybridized carbons (Fsp3) is 0.406. The van der Waals surface area contributed by atoms with E-state index in [0.29, 0.717) is 52.9 Å². The number of nitrogens with two attached hydrogens (primary N) is 2. The normalized spacial score (nSPS) is 13.5. The minimum absolute atomic E-state index is 0.0595. The van der Waals surface area contributed by atoms with Crippen molar-refractivity contribution >= 4 is 28.5 Å². The van der Waals surface area contributed by atoms with Gasteiger partial charge >= 0.3 is 5.69 Å². The zero-order valence-corrected chi connectivity index (χ0v) is 25.3. The van der Waals surface area contributed by atoms with Crippen molar-refractivity contribution in [2.45, 2.75) is 77.9 Å². The highest BCUT2D eigenvalue weighted by atomic mass is 35.5. The van der Waals surface area contributed by atoms with Crippen molar-refractivity contribution < 1.29 is 4.39 Å². The molecule has 2 atom stereocenters. The number of fused-ring (bicyclic) bond motifs is 1. The van der Waals surface area contributed by atoms with Gasteiger partial charge in [-0.05, 0) is 87.4 Å². The maximum atomic E-state index is 15.1. The van der Waals surface area contributed by atoms with Gasteiger partial charge in [-0.1, -0.05) is 37.1 Å². The molecule has 4 aromatic rings. The van der Waals surface area contributed by atoms with Crippen molar-refractivity contribution in [3.63, 3.8) is 0 Å². The number of H-pyrrole nitrogens is 1. The highest BCUT2D eigenvalue weighted by Crippen LogP contribution is 2.31. The number of halogens is 2. The minimum atomic E-state index is -0.512. The lowest BCUT2D eigenvalue weighted by atomic mass is 10.0. The summed E-state index contributed by atoms with van der Waals surface area (Å²) in [7, 11) is 0. The summed E-state index contributed by atoms with van der Waals surface area (Å²) >= 11 is 6.24. The Morgan fingerprint density at radius 3 is 2.62 bits per heavy atom. The molecule has 0 saturated carbocycles. The lowest BCUT2D eigenvalue weighted by molar-refractivity contribution is 0.452. The number of nitrogens with zero attached hydrogens (tertiary/aromatic N) is 3. The number of aromatic nitrogens is 3. The Kier molecular flexibility index (Phi) is 10.9. The largest absolute Gasteiger partial charge is 0.388 e. The standard InChI is InChI=1S/C32H41ClFN7O/c1-4-6-25(13-14-37-21(3)36)38-18-22-9-11-26(12-10-22)41-19-24-17-29(39-31(24)40-32(41)42)27-15-23(8-5-7-20(2)35)16-28(33)30(27)34/h9-12,15-17,19-20,25,38H,4-8,13-14,18,35H2,1-3H3,(H2,36,37)(H,39,40,42). The maximum Gasteiger partial charge on any atom is 0.354 e. The van der Waals surface area contributed by atoms with Gasteiger partial charge in [0.05, 0.1) is 22.2 Å². The first-order valence-corrected chi connectivity index (χ1v) is 15.0. The van der Waals surface area contributed by atoms with Crippen LogP contribution >= 0.6 is 11.6 Å². The van der Waals surface area contributed by atoms with Crippen LogP contribution in [0.2, 0.25) is 5.02 Å². The Morgan fingerprint density at radius 2 is 1.93 bits per heavy atom. The third-order valence-electron chi connectivity index (χ3n) is 7.30. The molecule has 42 heavy (non-hydrogen) atoms. The van der Waals surface area contributed by atoms with E-state index >= 15 is 4.39 Å². The molecule has 0 radical (unpaired) electrons. The number of nitrogens with one attached hydrogen (secondary N) is 2. The second kappa shape index (κ2) is 14.6. The van der Waals surface area contributed by atoms with Crippen LogP contribution in [0.5, 0.6) is 0 Å². The number of aromatic amines is 1. The van der Waals surface area contributed by atoms with Gasteiger partial charge in [0, 0.05) is 42.3 Å². The number of amidine groups is 1. The van der Waals surface area contributed by atoms with Gasteiger partial charge in [-0.25, -0.2) is 9.18 Å². The fourth-order valence-corrected chi connectivity index (χ4v) is 5.31. The summed E-state index contributed by atoms with van der Waals surface area (Å²) in [5.74, 6) is 0.0936. The highest BCUT2D eigenvalue weighted by Gasteiger charge is 2.16. The number of hydrogen-bond acceptors (Lipinski definition) is 5. The van der Waals surface area contributed by atoms with Crippen LogP contribution in [0, 0.1) is 5.82 Å². The topological polar surface area (TPSA) is 127 Å². The lowest BCUT2D eigenvalue weighted by Crippen LogP contribution is -2.29. The molecule has 0 aliphatic rings. The molecule has 0 spiro atoms. The van der Waals surface area contributed by atoms with Crippen LogP contribution in [0.25, 0.3) is 28.0 Å². The van der Waals surface area contributed by atoms with Gasteiger partial charge in [0.25, 0.3) is 0 Å². The monoisotopic (exact) mass is 593 g/mol. The molecule has 4 rings (SSSR count). The SMILES string of the molecule is CCCC(CCN=C(C)N)NCc1ccc(-n2cc3cc(-c4cc(CCCC(C)N)cc(Cl)c4F)[nH]c3nc2=O)cc1. The van der Waals surface area contributed by atoms with Gasteiger partial charge in [0.2, 0.25) is 0 Å². The molecule has 0 bridgehead atoms. The Balaban J connectivity index is 1.51. The molecule has 2 heterocycles. The zero-order valence-electron chi connectivity index (χ0n) is 24.6. The Bertz CT molecular complexity index is 1570. The molecule has 0 saturated heterocycles. The quantitative estimate of drug-likeness (QED) is 0.107. The molecular weight excluding hydrogens is 553 g/mol. The molecular formula is C32H41ClFN7O. The summed E-state index contributed by atoms with van der Waals surface area (Å²) in [6, 6.07) is 13.5. The van der Waals surface area contributed by atoms with E-state index in [1.807, 2.05) is 31.2 Å². The number of aryl methyl sites for hydroxylation is 1. The van der Waals surface area contributed by atoms with E-state index in [1.54, 1.807) is 31.3 Å². The summed E-state index contributed by atoms with van der Waals surface area (Å²) in [4.78, 5) is 24.6. The van der Waals surface area contributed by atoms with E-state index in [2.05, 4.69) is 27.2 Å². The van der Waals surface area contributed by atoms with E-state index in [4.69, 9.17) is 23.1 Å². The highest BCUT2D eigenvalue weighted by molar-refractivity contribution is 6.31. The van der Waals surface area contributed by atoms with Crippen LogP contribution in [0.4, 0.5) is 4.39 Å². The third kappa shape index (κ3) is 8.27. The van der Waals surface area contributed by atoms with Gasteiger partial charge in [-0.15, -0.1) is 0 Å². The average Bonchev–Trinajstić information content (AvgIpc) is 3.35. The molecule has 224 valence electrons. The lowest BCUT2D eigenvalue weighted by Gasteiger charge is -2.17. The Morgan fingerprint density at radius 1 is 1.17 bits per heavy atom. The summed E-state index contributed by atoms with van der Waals surface area (Å²) in [6.45, 7) is 7.36. The predicted molar refractivity (Wildman–Crippen MR) is 171 cm³/mol. The molecule has 8 nitrogen and oxygen atoms in total. The van der Waals surface area contributed by atoms with Gasteiger partial charge in [-0.2, -0.15) is 4.98 Å². The van der Waals surface area contributed by atoms with E-state index in [-0.39, 0.29) is 11.1 Å². The van der Waals surface area contributed by atoms with Crippen molar-refractivity contribution in [1.82, 2.24) is 19.9 Å². The smallest absolute Gasteiger partial charge is 0.354 e. The van der Waals surface area contributed by atoms with E-state index in [0.717, 1.165) is 49.7 Å². The molecule has 6 N–H and O–H groups in total. The van der Waals surface area contributed by atoms with Crippen LogP contribution in [0.1, 0.15) is 64.0 Å². The molecule has 0 aliphatic heterocycles. The van der Waals surface area contributed by atoms with E-state index < -0.39 is 11.5 Å². The fourth-order valence-electron chi connectivity index (χ4n) is 5.07. The maximum absolute atomic E-state index is 15.1. The number of rotatable bonds is 14. The van der Waals surface area contributed by atoms with Crippen LogP contribution in [-0.4, -0.2) is 39.0 Å². The van der Waals surface area contributed by atoms with Crippen molar-refractivity contribution in [1.29, 1.82) is 0 Å². The van der Waals surface area contributed by atoms with Gasteiger partial charge in [0.15, 0.2) is 5.82 Å².